The zero-order chi connectivity index (χ0) is 22.2. The number of pyridine rings is 1. The maximum absolute atomic E-state index is 5.91. The Hall–Kier alpha value is -3.22. The first kappa shape index (κ1) is 22.5. The van der Waals surface area contributed by atoms with Crippen LogP contribution in [0.2, 0.25) is 0 Å². The zero-order valence-corrected chi connectivity index (χ0v) is 18.7. The Morgan fingerprint density at radius 3 is 2.03 bits per heavy atom. The van der Waals surface area contributed by atoms with Gasteiger partial charge in [-0.1, -0.05) is 12.1 Å². The molecule has 0 radical (unpaired) electrons. The number of hydrogen-bond acceptors (Lipinski definition) is 6. The van der Waals surface area contributed by atoms with E-state index in [1.54, 1.807) is 20.4 Å². The second-order valence-electron chi connectivity index (χ2n) is 6.85. The first-order valence-corrected chi connectivity index (χ1v) is 10.2. The molecule has 5 nitrogen and oxygen atoms in total. The second-order valence-corrected chi connectivity index (χ2v) is 7.37. The minimum Gasteiger partial charge on any atom is -0.497 e. The van der Waals surface area contributed by atoms with Crippen molar-refractivity contribution in [3.63, 3.8) is 0 Å². The average Bonchev–Trinajstić information content (AvgIpc) is 2.81. The quantitative estimate of drug-likeness (QED) is 0.375. The Morgan fingerprint density at radius 1 is 0.806 bits per heavy atom. The van der Waals surface area contributed by atoms with Crippen LogP contribution in [0.4, 0.5) is 0 Å². The van der Waals surface area contributed by atoms with Crippen molar-refractivity contribution < 1.29 is 14.2 Å². The summed E-state index contributed by atoms with van der Waals surface area (Å²) in [6, 6.07) is 23.0. The molecule has 160 valence electrons. The normalized spacial score (nSPS) is 11.3. The van der Waals surface area contributed by atoms with Gasteiger partial charge in [-0.3, -0.25) is 4.98 Å². The lowest BCUT2D eigenvalue weighted by atomic mass is 10.1. The largest absolute Gasteiger partial charge is 0.497 e. The number of methoxy groups -OCH3 is 2. The standard InChI is InChI=1S/C16H13NO2S.C9H13NO/c1-18-12-4-7-14-15(10-12)17-9-8-16(14)19-11-2-5-13(20)6-3-11;1-7(10)8-3-5-9(11-2)6-4-8/h2-10,20H,1H3;3-7H,10H2,1-2H3. The Bertz CT molecular complexity index is 1110. The van der Waals surface area contributed by atoms with Crippen LogP contribution in [0.1, 0.15) is 18.5 Å². The van der Waals surface area contributed by atoms with Gasteiger partial charge in [-0.05, 0) is 67.1 Å². The third-order valence-electron chi connectivity index (χ3n) is 4.62. The molecule has 0 fully saturated rings. The van der Waals surface area contributed by atoms with E-state index in [0.29, 0.717) is 0 Å². The van der Waals surface area contributed by atoms with Crippen LogP contribution in [0.5, 0.6) is 23.0 Å². The van der Waals surface area contributed by atoms with Crippen LogP contribution in [-0.4, -0.2) is 19.2 Å². The molecule has 3 aromatic carbocycles. The van der Waals surface area contributed by atoms with Crippen LogP contribution < -0.4 is 19.9 Å². The summed E-state index contributed by atoms with van der Waals surface area (Å²) in [5.74, 6) is 3.19. The van der Waals surface area contributed by atoms with Crippen molar-refractivity contribution in [2.75, 3.05) is 14.2 Å². The molecular formula is C25H26N2O3S. The average molecular weight is 435 g/mol. The third kappa shape index (κ3) is 6.13. The van der Waals surface area contributed by atoms with Gasteiger partial charge in [0.25, 0.3) is 0 Å². The lowest BCUT2D eigenvalue weighted by Crippen LogP contribution is -2.04. The van der Waals surface area contributed by atoms with Crippen LogP contribution in [0, 0.1) is 0 Å². The van der Waals surface area contributed by atoms with E-state index in [1.807, 2.05) is 79.7 Å². The van der Waals surface area contributed by atoms with Crippen molar-refractivity contribution in [3.05, 3.63) is 84.6 Å². The van der Waals surface area contributed by atoms with Gasteiger partial charge in [-0.2, -0.15) is 0 Å². The molecule has 0 aliphatic heterocycles. The molecular weight excluding hydrogens is 408 g/mol. The van der Waals surface area contributed by atoms with Crippen LogP contribution in [-0.2, 0) is 0 Å². The van der Waals surface area contributed by atoms with E-state index in [2.05, 4.69) is 17.6 Å². The maximum atomic E-state index is 5.91. The molecule has 0 saturated carbocycles. The van der Waals surface area contributed by atoms with Crippen LogP contribution >= 0.6 is 12.6 Å². The molecule has 1 heterocycles. The molecule has 0 spiro atoms. The third-order valence-corrected chi connectivity index (χ3v) is 4.91. The molecule has 1 unspecified atom stereocenters. The molecule has 31 heavy (non-hydrogen) atoms. The Kier molecular flexibility index (Phi) is 7.76. The van der Waals surface area contributed by atoms with Crippen molar-refractivity contribution >= 4 is 23.5 Å². The Balaban J connectivity index is 0.000000210. The highest BCUT2D eigenvalue weighted by atomic mass is 32.1. The maximum Gasteiger partial charge on any atom is 0.138 e. The summed E-state index contributed by atoms with van der Waals surface area (Å²) >= 11 is 4.26. The first-order valence-electron chi connectivity index (χ1n) is 9.79. The topological polar surface area (TPSA) is 66.6 Å². The molecule has 0 aliphatic carbocycles. The molecule has 0 bridgehead atoms. The van der Waals surface area contributed by atoms with Gasteiger partial charge in [0.05, 0.1) is 19.7 Å². The smallest absolute Gasteiger partial charge is 0.138 e. The molecule has 0 amide bonds. The number of aromatic nitrogens is 1. The molecule has 2 N–H and O–H groups in total. The van der Waals surface area contributed by atoms with E-state index < -0.39 is 0 Å². The van der Waals surface area contributed by atoms with Gasteiger partial charge in [0.2, 0.25) is 0 Å². The van der Waals surface area contributed by atoms with Crippen molar-refractivity contribution in [1.29, 1.82) is 0 Å². The molecule has 1 aromatic heterocycles. The summed E-state index contributed by atoms with van der Waals surface area (Å²) < 4.78 is 16.1. The summed E-state index contributed by atoms with van der Waals surface area (Å²) in [5.41, 5.74) is 7.64. The number of ether oxygens (including phenoxy) is 3. The Morgan fingerprint density at radius 2 is 1.42 bits per heavy atom. The fourth-order valence-electron chi connectivity index (χ4n) is 2.87. The van der Waals surface area contributed by atoms with Gasteiger partial charge in [-0.15, -0.1) is 12.6 Å². The van der Waals surface area contributed by atoms with E-state index >= 15 is 0 Å². The second kappa shape index (κ2) is 10.7. The summed E-state index contributed by atoms with van der Waals surface area (Å²) in [6.07, 6.45) is 1.73. The number of nitrogens with two attached hydrogens (primary N) is 1. The lowest BCUT2D eigenvalue weighted by molar-refractivity contribution is 0.414. The van der Waals surface area contributed by atoms with E-state index in [4.69, 9.17) is 19.9 Å². The van der Waals surface area contributed by atoms with Crippen molar-refractivity contribution in [2.45, 2.75) is 17.9 Å². The highest BCUT2D eigenvalue weighted by molar-refractivity contribution is 7.80. The number of benzene rings is 3. The van der Waals surface area contributed by atoms with Crippen LogP contribution in [0.25, 0.3) is 10.9 Å². The lowest BCUT2D eigenvalue weighted by Gasteiger charge is -2.09. The minimum atomic E-state index is 0.0981. The molecule has 4 aromatic rings. The van der Waals surface area contributed by atoms with Gasteiger partial charge in [-0.25, -0.2) is 0 Å². The first-order chi connectivity index (χ1) is 15.0. The van der Waals surface area contributed by atoms with E-state index in [9.17, 15) is 0 Å². The predicted octanol–water partition coefficient (Wildman–Crippen LogP) is 6.04. The SMILES string of the molecule is COc1ccc(C(C)N)cc1.COc1ccc2c(Oc3ccc(S)cc3)ccnc2c1. The van der Waals surface area contributed by atoms with E-state index in [0.717, 1.165) is 44.4 Å². The number of thiol groups is 1. The Labute approximate surface area is 188 Å². The van der Waals surface area contributed by atoms with Crippen molar-refractivity contribution in [1.82, 2.24) is 4.98 Å². The number of fused-ring (bicyclic) bond motifs is 1. The summed E-state index contributed by atoms with van der Waals surface area (Å²) in [6.45, 7) is 1.96. The number of hydrogen-bond donors (Lipinski definition) is 2. The van der Waals surface area contributed by atoms with Gasteiger partial charge in [0, 0.05) is 28.6 Å². The minimum absolute atomic E-state index is 0.0981. The molecule has 0 saturated heterocycles. The van der Waals surface area contributed by atoms with Crippen molar-refractivity contribution in [2.24, 2.45) is 5.73 Å². The van der Waals surface area contributed by atoms with Crippen LogP contribution in [0.3, 0.4) is 0 Å². The van der Waals surface area contributed by atoms with Gasteiger partial charge >= 0.3 is 0 Å². The fraction of sp³-hybridized carbons (Fsp3) is 0.160. The van der Waals surface area contributed by atoms with Gasteiger partial charge < -0.3 is 19.9 Å². The number of nitrogens with zero attached hydrogens (tertiary/aromatic N) is 1. The molecule has 1 atom stereocenters. The van der Waals surface area contributed by atoms with E-state index in [1.165, 1.54) is 0 Å². The molecule has 6 heteroatoms. The van der Waals surface area contributed by atoms with Crippen molar-refractivity contribution in [3.8, 4) is 23.0 Å². The number of rotatable bonds is 5. The fourth-order valence-corrected chi connectivity index (χ4v) is 3.02. The predicted molar refractivity (Wildman–Crippen MR) is 128 cm³/mol. The van der Waals surface area contributed by atoms with Gasteiger partial charge in [0.1, 0.15) is 23.0 Å². The zero-order valence-electron chi connectivity index (χ0n) is 17.8. The summed E-state index contributed by atoms with van der Waals surface area (Å²) in [4.78, 5) is 5.24. The highest BCUT2D eigenvalue weighted by Crippen LogP contribution is 2.31. The van der Waals surface area contributed by atoms with Crippen LogP contribution in [0.15, 0.2) is 83.9 Å². The monoisotopic (exact) mass is 434 g/mol. The van der Waals surface area contributed by atoms with E-state index in [-0.39, 0.29) is 6.04 Å². The molecule has 4 rings (SSSR count). The van der Waals surface area contributed by atoms with Gasteiger partial charge in [0.15, 0.2) is 0 Å². The summed E-state index contributed by atoms with van der Waals surface area (Å²) in [5, 5.41) is 0.947. The summed E-state index contributed by atoms with van der Waals surface area (Å²) in [7, 11) is 3.29. The highest BCUT2D eigenvalue weighted by Gasteiger charge is 2.05. The molecule has 0 aliphatic rings.